The number of benzene rings is 1. The van der Waals surface area contributed by atoms with Crippen LogP contribution >= 0.6 is 0 Å². The Balaban J connectivity index is 2.41. The van der Waals surface area contributed by atoms with E-state index in [2.05, 4.69) is 15.6 Å². The van der Waals surface area contributed by atoms with E-state index in [9.17, 15) is 17.6 Å². The van der Waals surface area contributed by atoms with E-state index in [1.165, 1.54) is 12.1 Å². The highest BCUT2D eigenvalue weighted by Crippen LogP contribution is 2.18. The molecule has 118 valence electrons. The fourth-order valence-corrected chi connectivity index (χ4v) is 1.65. The van der Waals surface area contributed by atoms with Gasteiger partial charge in [-0.1, -0.05) is 12.1 Å². The SMILES string of the molecule is CCNC(=NCCC(F)(F)F)NCCc1cccc(F)c1. The highest BCUT2D eigenvalue weighted by atomic mass is 19.4. The predicted molar refractivity (Wildman–Crippen MR) is 74.8 cm³/mol. The molecule has 0 fully saturated rings. The zero-order chi connectivity index (χ0) is 15.7. The van der Waals surface area contributed by atoms with Gasteiger partial charge < -0.3 is 10.6 Å². The first-order valence-corrected chi connectivity index (χ1v) is 6.74. The fraction of sp³-hybridized carbons (Fsp3) is 0.500. The van der Waals surface area contributed by atoms with Crippen molar-refractivity contribution in [2.45, 2.75) is 25.9 Å². The molecule has 0 spiro atoms. The second-order valence-corrected chi connectivity index (χ2v) is 4.43. The Hall–Kier alpha value is -1.79. The summed E-state index contributed by atoms with van der Waals surface area (Å²) in [6.45, 7) is 2.52. The Morgan fingerprint density at radius 3 is 2.62 bits per heavy atom. The average Bonchev–Trinajstić information content (AvgIpc) is 2.37. The third-order valence-corrected chi connectivity index (χ3v) is 2.60. The summed E-state index contributed by atoms with van der Waals surface area (Å²) >= 11 is 0. The van der Waals surface area contributed by atoms with Crippen LogP contribution in [0.2, 0.25) is 0 Å². The summed E-state index contributed by atoms with van der Waals surface area (Å²) in [5.41, 5.74) is 0.814. The van der Waals surface area contributed by atoms with E-state index < -0.39 is 12.6 Å². The molecule has 1 aromatic rings. The molecule has 1 aromatic carbocycles. The van der Waals surface area contributed by atoms with Crippen molar-refractivity contribution in [3.05, 3.63) is 35.6 Å². The van der Waals surface area contributed by atoms with Gasteiger partial charge in [0.15, 0.2) is 5.96 Å². The second-order valence-electron chi connectivity index (χ2n) is 4.43. The Morgan fingerprint density at radius 2 is 2.00 bits per heavy atom. The van der Waals surface area contributed by atoms with Gasteiger partial charge in [-0.15, -0.1) is 0 Å². The molecule has 0 heterocycles. The maximum Gasteiger partial charge on any atom is 0.390 e. The Kier molecular flexibility index (Phi) is 6.98. The van der Waals surface area contributed by atoms with Crippen molar-refractivity contribution < 1.29 is 17.6 Å². The van der Waals surface area contributed by atoms with Crippen LogP contribution in [-0.2, 0) is 6.42 Å². The summed E-state index contributed by atoms with van der Waals surface area (Å²) in [7, 11) is 0. The van der Waals surface area contributed by atoms with Crippen molar-refractivity contribution in [1.82, 2.24) is 10.6 Å². The van der Waals surface area contributed by atoms with Crippen LogP contribution in [0.15, 0.2) is 29.3 Å². The molecular weight excluding hydrogens is 286 g/mol. The lowest BCUT2D eigenvalue weighted by molar-refractivity contribution is -0.132. The molecule has 0 aliphatic rings. The summed E-state index contributed by atoms with van der Waals surface area (Å²) in [5, 5.41) is 5.79. The second kappa shape index (κ2) is 8.49. The summed E-state index contributed by atoms with van der Waals surface area (Å²) < 4.78 is 49.2. The molecule has 0 unspecified atom stereocenters. The van der Waals surface area contributed by atoms with Gasteiger partial charge in [0.1, 0.15) is 5.82 Å². The monoisotopic (exact) mass is 305 g/mol. The number of rotatable bonds is 6. The first kappa shape index (κ1) is 17.3. The van der Waals surface area contributed by atoms with Crippen molar-refractivity contribution in [2.75, 3.05) is 19.6 Å². The summed E-state index contributed by atoms with van der Waals surface area (Å²) in [5.74, 6) is 0.0244. The van der Waals surface area contributed by atoms with Gasteiger partial charge in [0, 0.05) is 13.1 Å². The molecule has 1 rings (SSSR count). The quantitative estimate of drug-likeness (QED) is 0.482. The molecule has 0 atom stereocenters. The van der Waals surface area contributed by atoms with Crippen LogP contribution in [0.5, 0.6) is 0 Å². The number of hydrogen-bond donors (Lipinski definition) is 2. The van der Waals surface area contributed by atoms with E-state index in [4.69, 9.17) is 0 Å². The summed E-state index contributed by atoms with van der Waals surface area (Å²) in [6, 6.07) is 6.20. The summed E-state index contributed by atoms with van der Waals surface area (Å²) in [6.07, 6.45) is -4.60. The molecule has 0 aliphatic heterocycles. The van der Waals surface area contributed by atoms with Gasteiger partial charge in [-0.05, 0) is 31.0 Å². The number of aliphatic imine (C=N–C) groups is 1. The molecule has 0 bridgehead atoms. The Morgan fingerprint density at radius 1 is 1.24 bits per heavy atom. The minimum Gasteiger partial charge on any atom is -0.357 e. The van der Waals surface area contributed by atoms with Gasteiger partial charge in [-0.25, -0.2) is 4.39 Å². The lowest BCUT2D eigenvalue weighted by Crippen LogP contribution is -2.38. The largest absolute Gasteiger partial charge is 0.390 e. The summed E-state index contributed by atoms with van der Waals surface area (Å²) in [4.78, 5) is 3.85. The van der Waals surface area contributed by atoms with E-state index in [1.54, 1.807) is 12.1 Å². The van der Waals surface area contributed by atoms with Crippen LogP contribution in [-0.4, -0.2) is 31.8 Å². The number of alkyl halides is 3. The molecule has 3 nitrogen and oxygen atoms in total. The third kappa shape index (κ3) is 8.16. The molecule has 0 amide bonds. The molecule has 0 radical (unpaired) electrons. The zero-order valence-electron chi connectivity index (χ0n) is 11.8. The molecular formula is C14H19F4N3. The maximum absolute atomic E-state index is 13.0. The van der Waals surface area contributed by atoms with Crippen molar-refractivity contribution >= 4 is 5.96 Å². The predicted octanol–water partition coefficient (Wildman–Crippen LogP) is 2.88. The highest BCUT2D eigenvalue weighted by molar-refractivity contribution is 5.79. The molecule has 0 saturated carbocycles. The lowest BCUT2D eigenvalue weighted by Gasteiger charge is -2.11. The first-order chi connectivity index (χ1) is 9.90. The van der Waals surface area contributed by atoms with Gasteiger partial charge >= 0.3 is 6.18 Å². The smallest absolute Gasteiger partial charge is 0.357 e. The Bertz CT molecular complexity index is 458. The van der Waals surface area contributed by atoms with E-state index in [0.717, 1.165) is 5.56 Å². The van der Waals surface area contributed by atoms with Crippen LogP contribution < -0.4 is 10.6 Å². The molecule has 0 saturated heterocycles. The fourth-order valence-electron chi connectivity index (χ4n) is 1.65. The number of halogens is 4. The van der Waals surface area contributed by atoms with Gasteiger partial charge in [-0.3, -0.25) is 4.99 Å². The molecule has 21 heavy (non-hydrogen) atoms. The standard InChI is InChI=1S/C14H19F4N3/c1-2-19-13(21-9-7-14(16,17)18)20-8-6-11-4-3-5-12(15)10-11/h3-5,10H,2,6-9H2,1H3,(H2,19,20,21). The van der Waals surface area contributed by atoms with Crippen LogP contribution in [0.25, 0.3) is 0 Å². The van der Waals surface area contributed by atoms with E-state index >= 15 is 0 Å². The average molecular weight is 305 g/mol. The topological polar surface area (TPSA) is 36.4 Å². The third-order valence-electron chi connectivity index (χ3n) is 2.60. The normalized spacial score (nSPS) is 12.3. The van der Waals surface area contributed by atoms with Gasteiger partial charge in [0.05, 0.1) is 13.0 Å². The van der Waals surface area contributed by atoms with Crippen LogP contribution in [0, 0.1) is 5.82 Å². The Labute approximate surface area is 121 Å². The van der Waals surface area contributed by atoms with Crippen molar-refractivity contribution in [1.29, 1.82) is 0 Å². The number of nitrogens with zero attached hydrogens (tertiary/aromatic N) is 1. The van der Waals surface area contributed by atoms with Crippen molar-refractivity contribution in [3.8, 4) is 0 Å². The number of guanidine groups is 1. The van der Waals surface area contributed by atoms with Crippen molar-refractivity contribution in [2.24, 2.45) is 4.99 Å². The molecule has 2 N–H and O–H groups in total. The van der Waals surface area contributed by atoms with Gasteiger partial charge in [-0.2, -0.15) is 13.2 Å². The van der Waals surface area contributed by atoms with Crippen LogP contribution in [0.4, 0.5) is 17.6 Å². The van der Waals surface area contributed by atoms with E-state index in [0.29, 0.717) is 25.5 Å². The minimum atomic E-state index is -4.21. The molecule has 0 aromatic heterocycles. The van der Waals surface area contributed by atoms with Crippen LogP contribution in [0.3, 0.4) is 0 Å². The zero-order valence-corrected chi connectivity index (χ0v) is 11.8. The van der Waals surface area contributed by atoms with Gasteiger partial charge in [0.2, 0.25) is 0 Å². The lowest BCUT2D eigenvalue weighted by atomic mass is 10.1. The number of nitrogens with one attached hydrogen (secondary N) is 2. The molecule has 0 aliphatic carbocycles. The van der Waals surface area contributed by atoms with Crippen LogP contribution in [0.1, 0.15) is 18.9 Å². The van der Waals surface area contributed by atoms with E-state index in [-0.39, 0.29) is 12.4 Å². The highest BCUT2D eigenvalue weighted by Gasteiger charge is 2.26. The number of hydrogen-bond acceptors (Lipinski definition) is 1. The maximum atomic E-state index is 13.0. The van der Waals surface area contributed by atoms with Crippen molar-refractivity contribution in [3.63, 3.8) is 0 Å². The van der Waals surface area contributed by atoms with Gasteiger partial charge in [0.25, 0.3) is 0 Å². The van der Waals surface area contributed by atoms with E-state index in [1.807, 2.05) is 6.92 Å². The minimum absolute atomic E-state index is 0.307. The molecule has 7 heteroatoms. The first-order valence-electron chi connectivity index (χ1n) is 6.74.